The van der Waals surface area contributed by atoms with E-state index in [9.17, 15) is 24.3 Å². The lowest BCUT2D eigenvalue weighted by atomic mass is 10.00. The largest absolute Gasteiger partial charge is 0.480 e. The van der Waals surface area contributed by atoms with Crippen molar-refractivity contribution in [3.8, 4) is 0 Å². The Morgan fingerprint density at radius 1 is 0.970 bits per heavy atom. The van der Waals surface area contributed by atoms with Gasteiger partial charge in [0.05, 0.1) is 6.04 Å². The number of carbonyl (C=O) groups excluding carboxylic acids is 3. The molecular formula is C23H43N5O5. The minimum Gasteiger partial charge on any atom is -0.480 e. The molecule has 0 aromatic carbocycles. The molecule has 10 nitrogen and oxygen atoms in total. The highest BCUT2D eigenvalue weighted by Crippen LogP contribution is 2.20. The van der Waals surface area contributed by atoms with E-state index in [1.54, 1.807) is 0 Å². The van der Waals surface area contributed by atoms with Crippen molar-refractivity contribution < 1.29 is 24.3 Å². The third-order valence-electron chi connectivity index (χ3n) is 5.78. The zero-order chi connectivity index (χ0) is 25.1. The van der Waals surface area contributed by atoms with Crippen molar-refractivity contribution in [1.82, 2.24) is 15.5 Å². The fourth-order valence-corrected chi connectivity index (χ4v) is 4.11. The average Bonchev–Trinajstić information content (AvgIpc) is 3.21. The van der Waals surface area contributed by atoms with E-state index in [2.05, 4.69) is 10.6 Å². The number of hydrogen-bond donors (Lipinski definition) is 5. The van der Waals surface area contributed by atoms with Crippen molar-refractivity contribution in [2.24, 2.45) is 23.3 Å². The van der Waals surface area contributed by atoms with Gasteiger partial charge in [-0.3, -0.25) is 14.4 Å². The van der Waals surface area contributed by atoms with E-state index in [1.165, 1.54) is 4.90 Å². The molecule has 4 unspecified atom stereocenters. The van der Waals surface area contributed by atoms with Crippen LogP contribution in [0.15, 0.2) is 0 Å². The Labute approximate surface area is 197 Å². The lowest BCUT2D eigenvalue weighted by molar-refractivity contribution is -0.149. The molecule has 0 aromatic heterocycles. The molecule has 4 atom stereocenters. The number of hydrogen-bond acceptors (Lipinski definition) is 6. The fourth-order valence-electron chi connectivity index (χ4n) is 4.11. The maximum atomic E-state index is 13.2. The number of amides is 3. The van der Waals surface area contributed by atoms with Gasteiger partial charge in [-0.1, -0.05) is 27.7 Å². The van der Waals surface area contributed by atoms with Gasteiger partial charge in [-0.25, -0.2) is 4.79 Å². The summed E-state index contributed by atoms with van der Waals surface area (Å²) in [6.45, 7) is 8.59. The van der Waals surface area contributed by atoms with E-state index in [0.29, 0.717) is 58.0 Å². The first kappa shape index (κ1) is 28.8. The number of rotatable bonds is 14. The minimum absolute atomic E-state index is 0.0925. The Kier molecular flexibility index (Phi) is 12.4. The second kappa shape index (κ2) is 14.1. The Balaban J connectivity index is 2.97. The molecule has 1 fully saturated rings. The van der Waals surface area contributed by atoms with E-state index in [-0.39, 0.29) is 11.8 Å². The van der Waals surface area contributed by atoms with Crippen LogP contribution in [0, 0.1) is 11.8 Å². The Morgan fingerprint density at radius 3 is 2.12 bits per heavy atom. The van der Waals surface area contributed by atoms with Gasteiger partial charge in [0.15, 0.2) is 0 Å². The number of likely N-dealkylation sites (tertiary alicyclic amines) is 1. The highest BCUT2D eigenvalue weighted by molar-refractivity contribution is 5.94. The first-order valence-corrected chi connectivity index (χ1v) is 12.1. The van der Waals surface area contributed by atoms with Crippen LogP contribution in [0.2, 0.25) is 0 Å². The van der Waals surface area contributed by atoms with Gasteiger partial charge in [0.25, 0.3) is 0 Å². The molecule has 10 heteroatoms. The molecule has 1 aliphatic rings. The van der Waals surface area contributed by atoms with Gasteiger partial charge >= 0.3 is 5.97 Å². The SMILES string of the molecule is CC(C)CC(N)C(=O)NC(CCCCN)C(=O)NC(CC(C)C)C(=O)N1CCCC1C(=O)O. The summed E-state index contributed by atoms with van der Waals surface area (Å²) in [7, 11) is 0. The van der Waals surface area contributed by atoms with Crippen molar-refractivity contribution >= 4 is 23.7 Å². The molecule has 7 N–H and O–H groups in total. The van der Waals surface area contributed by atoms with Crippen LogP contribution in [-0.2, 0) is 19.2 Å². The predicted octanol–water partition coefficient (Wildman–Crippen LogP) is 0.580. The van der Waals surface area contributed by atoms with Gasteiger partial charge in [0.2, 0.25) is 17.7 Å². The van der Waals surface area contributed by atoms with Crippen molar-refractivity contribution in [3.05, 3.63) is 0 Å². The molecule has 1 heterocycles. The highest BCUT2D eigenvalue weighted by Gasteiger charge is 2.38. The summed E-state index contributed by atoms with van der Waals surface area (Å²) >= 11 is 0. The van der Waals surface area contributed by atoms with Crippen molar-refractivity contribution in [1.29, 1.82) is 0 Å². The van der Waals surface area contributed by atoms with Crippen molar-refractivity contribution in [3.63, 3.8) is 0 Å². The van der Waals surface area contributed by atoms with Gasteiger partial charge in [0, 0.05) is 6.54 Å². The smallest absolute Gasteiger partial charge is 0.326 e. The average molecular weight is 470 g/mol. The monoisotopic (exact) mass is 469 g/mol. The number of carboxylic acids is 1. The number of nitrogens with zero attached hydrogens (tertiary/aromatic N) is 1. The van der Waals surface area contributed by atoms with Gasteiger partial charge in [-0.15, -0.1) is 0 Å². The molecule has 0 radical (unpaired) electrons. The lowest BCUT2D eigenvalue weighted by Gasteiger charge is -2.30. The van der Waals surface area contributed by atoms with Crippen LogP contribution in [0.1, 0.15) is 72.6 Å². The third-order valence-corrected chi connectivity index (χ3v) is 5.78. The quantitative estimate of drug-likeness (QED) is 0.232. The molecule has 1 aliphatic heterocycles. The summed E-state index contributed by atoms with van der Waals surface area (Å²) in [6, 6.07) is -3.32. The first-order valence-electron chi connectivity index (χ1n) is 12.1. The van der Waals surface area contributed by atoms with E-state index in [0.717, 1.165) is 0 Å². The highest BCUT2D eigenvalue weighted by atomic mass is 16.4. The molecule has 3 amide bonds. The standard InChI is InChI=1S/C23H43N5O5/c1-14(2)12-16(25)20(29)26-17(8-5-6-10-24)21(30)27-18(13-15(3)4)22(31)28-11-7-9-19(28)23(32)33/h14-19H,5-13,24-25H2,1-4H3,(H,26,29)(H,27,30)(H,32,33). The second-order valence-electron chi connectivity index (χ2n) is 9.80. The number of unbranched alkanes of at least 4 members (excludes halogenated alkanes) is 1. The van der Waals surface area contributed by atoms with Crippen LogP contribution in [0.5, 0.6) is 0 Å². The fraction of sp³-hybridized carbons (Fsp3) is 0.826. The zero-order valence-electron chi connectivity index (χ0n) is 20.5. The summed E-state index contributed by atoms with van der Waals surface area (Å²) < 4.78 is 0. The maximum Gasteiger partial charge on any atom is 0.326 e. The number of aliphatic carboxylic acids is 1. The number of nitrogens with two attached hydrogens (primary N) is 2. The van der Waals surface area contributed by atoms with Crippen LogP contribution < -0.4 is 22.1 Å². The van der Waals surface area contributed by atoms with Crippen LogP contribution in [0.4, 0.5) is 0 Å². The molecule has 0 aliphatic carbocycles. The Morgan fingerprint density at radius 2 is 1.58 bits per heavy atom. The summed E-state index contributed by atoms with van der Waals surface area (Å²) in [5.74, 6) is -2.00. The van der Waals surface area contributed by atoms with Gasteiger partial charge < -0.3 is 32.1 Å². The molecule has 0 aromatic rings. The number of nitrogens with one attached hydrogen (secondary N) is 2. The summed E-state index contributed by atoms with van der Waals surface area (Å²) in [6.07, 6.45) is 3.55. The van der Waals surface area contributed by atoms with E-state index in [1.807, 2.05) is 27.7 Å². The van der Waals surface area contributed by atoms with Crippen LogP contribution in [0.25, 0.3) is 0 Å². The molecule has 1 saturated heterocycles. The summed E-state index contributed by atoms with van der Waals surface area (Å²) in [4.78, 5) is 51.8. The topological polar surface area (TPSA) is 168 Å². The van der Waals surface area contributed by atoms with Crippen LogP contribution in [-0.4, -0.2) is 71.0 Å². The minimum atomic E-state index is -1.04. The van der Waals surface area contributed by atoms with Crippen molar-refractivity contribution in [2.75, 3.05) is 13.1 Å². The zero-order valence-corrected chi connectivity index (χ0v) is 20.5. The molecule has 0 saturated carbocycles. The summed E-state index contributed by atoms with van der Waals surface area (Å²) in [5, 5.41) is 15.0. The second-order valence-corrected chi connectivity index (χ2v) is 9.80. The van der Waals surface area contributed by atoms with Gasteiger partial charge in [-0.2, -0.15) is 0 Å². The van der Waals surface area contributed by atoms with Gasteiger partial charge in [0.1, 0.15) is 18.1 Å². The maximum absolute atomic E-state index is 13.2. The lowest BCUT2D eigenvalue weighted by Crippen LogP contribution is -2.57. The number of carboxylic acid groups (broad SMARTS) is 1. The van der Waals surface area contributed by atoms with Gasteiger partial charge in [-0.05, 0) is 63.3 Å². The third kappa shape index (κ3) is 9.67. The molecule has 0 spiro atoms. The molecule has 1 rings (SSSR count). The molecule has 190 valence electrons. The molecule has 33 heavy (non-hydrogen) atoms. The van der Waals surface area contributed by atoms with E-state index < -0.39 is 47.9 Å². The first-order chi connectivity index (χ1) is 15.5. The summed E-state index contributed by atoms with van der Waals surface area (Å²) in [5.41, 5.74) is 11.6. The van der Waals surface area contributed by atoms with Crippen LogP contribution in [0.3, 0.4) is 0 Å². The van der Waals surface area contributed by atoms with E-state index >= 15 is 0 Å². The van der Waals surface area contributed by atoms with E-state index in [4.69, 9.17) is 11.5 Å². The Bertz CT molecular complexity index is 670. The Hall–Kier alpha value is -2.20. The molecular weight excluding hydrogens is 426 g/mol. The van der Waals surface area contributed by atoms with Crippen molar-refractivity contribution in [2.45, 2.75) is 96.8 Å². The van der Waals surface area contributed by atoms with Crippen LogP contribution >= 0.6 is 0 Å². The predicted molar refractivity (Wildman–Crippen MR) is 126 cm³/mol. The number of carbonyl (C=O) groups is 4. The normalized spacial score (nSPS) is 18.8. The molecule has 0 bridgehead atoms.